The van der Waals surface area contributed by atoms with E-state index in [1.165, 1.54) is 0 Å². The zero-order valence-corrected chi connectivity index (χ0v) is 14.7. The van der Waals surface area contributed by atoms with Gasteiger partial charge in [-0.2, -0.15) is 5.10 Å². The highest BCUT2D eigenvalue weighted by atomic mass is 16.5. The first-order valence-corrected chi connectivity index (χ1v) is 8.46. The van der Waals surface area contributed by atoms with E-state index in [2.05, 4.69) is 10.1 Å². The van der Waals surface area contributed by atoms with E-state index in [4.69, 9.17) is 4.74 Å². The van der Waals surface area contributed by atoms with Gasteiger partial charge in [0, 0.05) is 13.0 Å². The highest BCUT2D eigenvalue weighted by molar-refractivity contribution is 5.76. The topological polar surface area (TPSA) is 80.5 Å². The van der Waals surface area contributed by atoms with E-state index >= 15 is 0 Å². The van der Waals surface area contributed by atoms with Crippen molar-refractivity contribution in [1.29, 1.82) is 0 Å². The molecule has 0 saturated carbocycles. The Bertz CT molecular complexity index is 731. The number of aryl methyl sites for hydroxylation is 2. The molecular weight excluding hydrogens is 320 g/mol. The van der Waals surface area contributed by atoms with Crippen LogP contribution in [0.15, 0.2) is 30.3 Å². The van der Waals surface area contributed by atoms with Crippen molar-refractivity contribution in [3.05, 3.63) is 47.5 Å². The summed E-state index contributed by atoms with van der Waals surface area (Å²) in [6.07, 6.45) is 0.565. The zero-order chi connectivity index (χ0) is 17.9. The lowest BCUT2D eigenvalue weighted by Gasteiger charge is -2.42. The Morgan fingerprint density at radius 2 is 2.08 bits per heavy atom. The van der Waals surface area contributed by atoms with Crippen molar-refractivity contribution in [2.45, 2.75) is 32.4 Å². The number of nitrogens with zero attached hydrogens (tertiary/aromatic N) is 4. The summed E-state index contributed by atoms with van der Waals surface area (Å²) in [5.74, 6) is 1.33. The van der Waals surface area contributed by atoms with Crippen molar-refractivity contribution in [3.63, 3.8) is 0 Å². The summed E-state index contributed by atoms with van der Waals surface area (Å²) in [7, 11) is 0. The monoisotopic (exact) mass is 344 g/mol. The largest absolute Gasteiger partial charge is 0.393 e. The van der Waals surface area contributed by atoms with Gasteiger partial charge < -0.3 is 14.7 Å². The Kier molecular flexibility index (Phi) is 5.15. The van der Waals surface area contributed by atoms with Gasteiger partial charge in [0.05, 0.1) is 19.8 Å². The molecule has 1 saturated heterocycles. The van der Waals surface area contributed by atoms with Crippen LogP contribution >= 0.6 is 0 Å². The summed E-state index contributed by atoms with van der Waals surface area (Å²) in [6.45, 7) is 4.95. The molecule has 1 aliphatic heterocycles. The van der Waals surface area contributed by atoms with Gasteiger partial charge in [-0.25, -0.2) is 9.67 Å². The fraction of sp³-hybridized carbons (Fsp3) is 0.500. The second-order valence-electron chi connectivity index (χ2n) is 6.53. The molecule has 3 rings (SSSR count). The van der Waals surface area contributed by atoms with Crippen molar-refractivity contribution in [1.82, 2.24) is 19.7 Å². The summed E-state index contributed by atoms with van der Waals surface area (Å²) in [4.78, 5) is 18.7. The maximum Gasteiger partial charge on any atom is 0.244 e. The lowest BCUT2D eigenvalue weighted by Crippen LogP contribution is -2.57. The van der Waals surface area contributed by atoms with E-state index in [1.54, 1.807) is 16.5 Å². The molecule has 7 nitrogen and oxygen atoms in total. The van der Waals surface area contributed by atoms with Crippen LogP contribution in [0.1, 0.15) is 17.2 Å². The second-order valence-corrected chi connectivity index (χ2v) is 6.53. The summed E-state index contributed by atoms with van der Waals surface area (Å²) >= 11 is 0. The maximum atomic E-state index is 12.7. The Morgan fingerprint density at radius 3 is 2.72 bits per heavy atom. The van der Waals surface area contributed by atoms with E-state index < -0.39 is 5.60 Å². The van der Waals surface area contributed by atoms with Crippen LogP contribution in [0, 0.1) is 13.8 Å². The molecule has 2 aromatic rings. The molecule has 1 N–H and O–H groups in total. The predicted octanol–water partition coefficient (Wildman–Crippen LogP) is 0.728. The first-order valence-electron chi connectivity index (χ1n) is 8.46. The van der Waals surface area contributed by atoms with E-state index in [-0.39, 0.29) is 19.1 Å². The number of carbonyl (C=O) groups is 1. The maximum absolute atomic E-state index is 12.7. The Balaban J connectivity index is 1.70. The van der Waals surface area contributed by atoms with Gasteiger partial charge in [-0.15, -0.1) is 0 Å². The van der Waals surface area contributed by atoms with Crippen molar-refractivity contribution in [3.8, 4) is 0 Å². The lowest BCUT2D eigenvalue weighted by atomic mass is 9.93. The minimum absolute atomic E-state index is 0.0396. The molecule has 1 aromatic heterocycles. The molecular formula is C18H24N4O3. The van der Waals surface area contributed by atoms with Gasteiger partial charge in [-0.05, 0) is 19.4 Å². The normalized spacial score (nSPS) is 20.7. The first kappa shape index (κ1) is 17.6. The highest BCUT2D eigenvalue weighted by Gasteiger charge is 2.38. The molecule has 7 heteroatoms. The van der Waals surface area contributed by atoms with Crippen LogP contribution in [-0.2, 0) is 22.5 Å². The first-order chi connectivity index (χ1) is 12.0. The van der Waals surface area contributed by atoms with Gasteiger partial charge in [0.25, 0.3) is 0 Å². The van der Waals surface area contributed by atoms with Crippen LogP contribution in [0.2, 0.25) is 0 Å². The van der Waals surface area contributed by atoms with Crippen molar-refractivity contribution in [2.24, 2.45) is 0 Å². The Morgan fingerprint density at radius 1 is 1.32 bits per heavy atom. The number of rotatable bonds is 5. The van der Waals surface area contributed by atoms with Crippen LogP contribution in [0.5, 0.6) is 0 Å². The Hall–Kier alpha value is -2.25. The van der Waals surface area contributed by atoms with Crippen LogP contribution in [0.25, 0.3) is 0 Å². The van der Waals surface area contributed by atoms with Crippen molar-refractivity contribution < 1.29 is 14.6 Å². The number of aliphatic hydroxyl groups is 1. The molecule has 0 bridgehead atoms. The van der Waals surface area contributed by atoms with Gasteiger partial charge in [0.2, 0.25) is 5.91 Å². The van der Waals surface area contributed by atoms with Gasteiger partial charge in [-0.1, -0.05) is 30.3 Å². The Labute approximate surface area is 147 Å². The molecule has 0 unspecified atom stereocenters. The van der Waals surface area contributed by atoms with Gasteiger partial charge in [0.1, 0.15) is 23.8 Å². The molecule has 2 heterocycles. The predicted molar refractivity (Wildman–Crippen MR) is 92.0 cm³/mol. The average Bonchev–Trinajstić information content (AvgIpc) is 2.93. The number of ether oxygens (including phenoxy) is 1. The highest BCUT2D eigenvalue weighted by Crippen LogP contribution is 2.23. The van der Waals surface area contributed by atoms with E-state index in [1.807, 2.05) is 37.3 Å². The SMILES string of the molecule is Cc1nc(C)n(CC(=O)N2CCO[C@@](CO)(Cc3ccccc3)C2)n1. The van der Waals surface area contributed by atoms with E-state index in [9.17, 15) is 9.90 Å². The van der Waals surface area contributed by atoms with Gasteiger partial charge in [-0.3, -0.25) is 4.79 Å². The van der Waals surface area contributed by atoms with Crippen molar-refractivity contribution >= 4 is 5.91 Å². The molecule has 0 spiro atoms. The van der Waals surface area contributed by atoms with E-state index in [0.29, 0.717) is 31.9 Å². The third-order valence-electron chi connectivity index (χ3n) is 4.51. The number of carbonyl (C=O) groups excluding carboxylic acids is 1. The lowest BCUT2D eigenvalue weighted by molar-refractivity contribution is -0.158. The standard InChI is InChI=1S/C18H24N4O3/c1-14-19-15(2)22(20-14)11-17(24)21-8-9-25-18(12-21,13-23)10-16-6-4-3-5-7-16/h3-7,23H,8-13H2,1-2H3/t18-/m0/s1. The smallest absolute Gasteiger partial charge is 0.244 e. The molecule has 0 aliphatic carbocycles. The summed E-state index contributed by atoms with van der Waals surface area (Å²) in [5.41, 5.74) is 0.316. The number of hydrogen-bond donors (Lipinski definition) is 1. The average molecular weight is 344 g/mol. The molecule has 134 valence electrons. The quantitative estimate of drug-likeness (QED) is 0.865. The number of amides is 1. The minimum Gasteiger partial charge on any atom is -0.393 e. The summed E-state index contributed by atoms with van der Waals surface area (Å²) < 4.78 is 7.51. The van der Waals surface area contributed by atoms with Crippen LogP contribution < -0.4 is 0 Å². The number of aliphatic hydroxyl groups excluding tert-OH is 1. The molecule has 0 radical (unpaired) electrons. The summed E-state index contributed by atoms with van der Waals surface area (Å²) in [6, 6.07) is 9.88. The third-order valence-corrected chi connectivity index (χ3v) is 4.51. The van der Waals surface area contributed by atoms with Crippen LogP contribution in [-0.4, -0.2) is 62.6 Å². The van der Waals surface area contributed by atoms with E-state index in [0.717, 1.165) is 11.4 Å². The van der Waals surface area contributed by atoms with Gasteiger partial charge in [0.15, 0.2) is 0 Å². The number of benzene rings is 1. The third kappa shape index (κ3) is 4.05. The molecule has 1 aromatic carbocycles. The molecule has 1 atom stereocenters. The fourth-order valence-corrected chi connectivity index (χ4v) is 3.22. The number of hydrogen-bond acceptors (Lipinski definition) is 5. The number of aromatic nitrogens is 3. The summed E-state index contributed by atoms with van der Waals surface area (Å²) in [5, 5.41) is 14.2. The van der Waals surface area contributed by atoms with Crippen LogP contribution in [0.4, 0.5) is 0 Å². The van der Waals surface area contributed by atoms with Crippen LogP contribution in [0.3, 0.4) is 0 Å². The van der Waals surface area contributed by atoms with Crippen molar-refractivity contribution in [2.75, 3.05) is 26.3 Å². The molecule has 25 heavy (non-hydrogen) atoms. The number of morpholine rings is 1. The second kappa shape index (κ2) is 7.33. The zero-order valence-electron chi connectivity index (χ0n) is 14.7. The fourth-order valence-electron chi connectivity index (χ4n) is 3.22. The van der Waals surface area contributed by atoms with Gasteiger partial charge >= 0.3 is 0 Å². The molecule has 1 aliphatic rings. The minimum atomic E-state index is -0.761. The molecule has 1 amide bonds. The molecule has 1 fully saturated rings.